The first-order valence-corrected chi connectivity index (χ1v) is 5.17. The summed E-state index contributed by atoms with van der Waals surface area (Å²) in [5, 5.41) is 3.32. The molecule has 3 nitrogen and oxygen atoms in total. The van der Waals surface area contributed by atoms with Crippen molar-refractivity contribution in [3.8, 4) is 0 Å². The van der Waals surface area contributed by atoms with Crippen molar-refractivity contribution in [1.29, 1.82) is 0 Å². The van der Waals surface area contributed by atoms with Crippen molar-refractivity contribution in [3.63, 3.8) is 0 Å². The van der Waals surface area contributed by atoms with Gasteiger partial charge in [0.25, 0.3) is 0 Å². The van der Waals surface area contributed by atoms with E-state index in [0.29, 0.717) is 5.92 Å². The average molecular weight is 265 g/mol. The molecule has 2 N–H and O–H groups in total. The number of aromatic nitrogens is 1. The van der Waals surface area contributed by atoms with E-state index in [1.807, 2.05) is 6.92 Å². The van der Waals surface area contributed by atoms with E-state index < -0.39 is 0 Å². The van der Waals surface area contributed by atoms with Crippen LogP contribution in [0.15, 0.2) is 16.9 Å². The van der Waals surface area contributed by atoms with Crippen LogP contribution in [0.2, 0.25) is 0 Å². The van der Waals surface area contributed by atoms with Gasteiger partial charge >= 0.3 is 0 Å². The highest BCUT2D eigenvalue weighted by molar-refractivity contribution is 5.85. The summed E-state index contributed by atoms with van der Waals surface area (Å²) in [6.45, 7) is 4.05. The van der Waals surface area contributed by atoms with E-state index >= 15 is 0 Å². The van der Waals surface area contributed by atoms with Crippen molar-refractivity contribution in [2.24, 2.45) is 0 Å². The van der Waals surface area contributed by atoms with Gasteiger partial charge in [0.15, 0.2) is 5.43 Å². The van der Waals surface area contributed by atoms with Crippen molar-refractivity contribution in [2.45, 2.75) is 25.7 Å². The Kier molecular flexibility index (Phi) is 6.72. The molecule has 1 saturated heterocycles. The van der Waals surface area contributed by atoms with Crippen LogP contribution in [-0.4, -0.2) is 18.1 Å². The predicted octanol–water partition coefficient (Wildman–Crippen LogP) is 1.99. The van der Waals surface area contributed by atoms with Crippen molar-refractivity contribution >= 4 is 24.8 Å². The molecule has 1 fully saturated rings. The summed E-state index contributed by atoms with van der Waals surface area (Å²) in [5.74, 6) is 0.531. The van der Waals surface area contributed by atoms with Crippen molar-refractivity contribution in [2.75, 3.05) is 13.1 Å². The maximum absolute atomic E-state index is 11.3. The molecule has 16 heavy (non-hydrogen) atoms. The molecule has 0 atom stereocenters. The Hall–Kier alpha value is -0.510. The SMILES string of the molecule is Cc1cc(=O)cc(C2CCNCC2)[nH]1.Cl.Cl. The molecule has 5 heteroatoms. The first kappa shape index (κ1) is 15.5. The van der Waals surface area contributed by atoms with Crippen LogP contribution in [0.3, 0.4) is 0 Å². The topological polar surface area (TPSA) is 44.9 Å². The second-order valence-electron chi connectivity index (χ2n) is 3.98. The molecule has 1 aromatic heterocycles. The molecule has 0 bridgehead atoms. The summed E-state index contributed by atoms with van der Waals surface area (Å²) >= 11 is 0. The molecule has 1 aliphatic heterocycles. The molecule has 0 amide bonds. The molecule has 92 valence electrons. The number of hydrogen-bond donors (Lipinski definition) is 2. The monoisotopic (exact) mass is 264 g/mol. The molecule has 0 saturated carbocycles. The average Bonchev–Trinajstić information content (AvgIpc) is 2.18. The van der Waals surface area contributed by atoms with Gasteiger partial charge in [-0.1, -0.05) is 0 Å². The maximum Gasteiger partial charge on any atom is 0.182 e. The largest absolute Gasteiger partial charge is 0.362 e. The molecule has 0 spiro atoms. The minimum Gasteiger partial charge on any atom is -0.362 e. The van der Waals surface area contributed by atoms with Crippen molar-refractivity contribution in [3.05, 3.63) is 33.7 Å². The predicted molar refractivity (Wildman–Crippen MR) is 71.1 cm³/mol. The standard InChI is InChI=1S/C11H16N2O.2ClH/c1-8-6-10(14)7-11(13-8)9-2-4-12-5-3-9;;/h6-7,9,12H,2-5H2,1H3,(H,13,14);2*1H. The maximum atomic E-state index is 11.3. The summed E-state index contributed by atoms with van der Waals surface area (Å²) < 4.78 is 0. The zero-order valence-corrected chi connectivity index (χ0v) is 10.9. The third kappa shape index (κ3) is 3.81. The highest BCUT2D eigenvalue weighted by Crippen LogP contribution is 2.22. The Morgan fingerprint density at radius 1 is 1.19 bits per heavy atom. The highest BCUT2D eigenvalue weighted by atomic mass is 35.5. The van der Waals surface area contributed by atoms with E-state index in [1.165, 1.54) is 0 Å². The third-order valence-corrected chi connectivity index (χ3v) is 2.78. The first-order chi connectivity index (χ1) is 6.75. The van der Waals surface area contributed by atoms with E-state index in [0.717, 1.165) is 37.3 Å². The molecule has 0 radical (unpaired) electrons. The summed E-state index contributed by atoms with van der Waals surface area (Å²) in [6, 6.07) is 3.38. The molecular formula is C11H18Cl2N2O. The number of piperidine rings is 1. The number of aryl methyl sites for hydroxylation is 1. The molecule has 1 aromatic rings. The lowest BCUT2D eigenvalue weighted by atomic mass is 9.94. The number of nitrogens with one attached hydrogen (secondary N) is 2. The zero-order chi connectivity index (χ0) is 9.97. The molecule has 2 heterocycles. The number of aromatic amines is 1. The Morgan fingerprint density at radius 2 is 1.81 bits per heavy atom. The van der Waals surface area contributed by atoms with Gasteiger partial charge < -0.3 is 10.3 Å². The number of H-pyrrole nitrogens is 1. The second-order valence-corrected chi connectivity index (χ2v) is 3.98. The lowest BCUT2D eigenvalue weighted by Gasteiger charge is -2.22. The van der Waals surface area contributed by atoms with Gasteiger partial charge in [0.1, 0.15) is 0 Å². The van der Waals surface area contributed by atoms with E-state index in [9.17, 15) is 4.79 Å². The second kappa shape index (κ2) is 6.94. The number of rotatable bonds is 1. The van der Waals surface area contributed by atoms with Crippen LogP contribution in [0, 0.1) is 6.92 Å². The van der Waals surface area contributed by atoms with Gasteiger partial charge in [-0.2, -0.15) is 0 Å². The van der Waals surface area contributed by atoms with Crippen LogP contribution in [0.1, 0.15) is 30.1 Å². The summed E-state index contributed by atoms with van der Waals surface area (Å²) in [4.78, 5) is 14.6. The molecule has 2 rings (SSSR count). The summed E-state index contributed by atoms with van der Waals surface area (Å²) in [6.07, 6.45) is 2.25. The fraction of sp³-hybridized carbons (Fsp3) is 0.545. The van der Waals surface area contributed by atoms with Crippen LogP contribution in [-0.2, 0) is 0 Å². The molecule has 0 aliphatic carbocycles. The Labute approximate surface area is 108 Å². The molecular weight excluding hydrogens is 247 g/mol. The van der Waals surface area contributed by atoms with Crippen molar-refractivity contribution < 1.29 is 0 Å². The molecule has 1 aliphatic rings. The lowest BCUT2D eigenvalue weighted by Crippen LogP contribution is -2.27. The van der Waals surface area contributed by atoms with Crippen LogP contribution >= 0.6 is 24.8 Å². The van der Waals surface area contributed by atoms with Crippen LogP contribution in [0.4, 0.5) is 0 Å². The van der Waals surface area contributed by atoms with E-state index in [1.54, 1.807) is 12.1 Å². The van der Waals surface area contributed by atoms with Gasteiger partial charge in [-0.25, -0.2) is 0 Å². The van der Waals surface area contributed by atoms with Gasteiger partial charge in [0, 0.05) is 29.4 Å². The van der Waals surface area contributed by atoms with Crippen LogP contribution < -0.4 is 10.7 Å². The first-order valence-electron chi connectivity index (χ1n) is 5.17. The molecule has 0 aromatic carbocycles. The van der Waals surface area contributed by atoms with Crippen LogP contribution in [0.5, 0.6) is 0 Å². The number of pyridine rings is 1. The summed E-state index contributed by atoms with van der Waals surface area (Å²) in [7, 11) is 0. The van der Waals surface area contributed by atoms with Gasteiger partial charge in [0.05, 0.1) is 0 Å². The third-order valence-electron chi connectivity index (χ3n) is 2.78. The Balaban J connectivity index is 0.00000112. The van der Waals surface area contributed by atoms with Crippen LogP contribution in [0.25, 0.3) is 0 Å². The van der Waals surface area contributed by atoms with Gasteiger partial charge in [-0.3, -0.25) is 4.79 Å². The van der Waals surface area contributed by atoms with E-state index in [-0.39, 0.29) is 30.2 Å². The minimum absolute atomic E-state index is 0. The molecule has 0 unspecified atom stereocenters. The van der Waals surface area contributed by atoms with Gasteiger partial charge in [-0.15, -0.1) is 24.8 Å². The fourth-order valence-corrected chi connectivity index (χ4v) is 2.06. The fourth-order valence-electron chi connectivity index (χ4n) is 2.06. The van der Waals surface area contributed by atoms with E-state index in [2.05, 4.69) is 10.3 Å². The van der Waals surface area contributed by atoms with E-state index in [4.69, 9.17) is 0 Å². The lowest BCUT2D eigenvalue weighted by molar-refractivity contribution is 0.452. The summed E-state index contributed by atoms with van der Waals surface area (Å²) in [5.41, 5.74) is 2.19. The van der Waals surface area contributed by atoms with Gasteiger partial charge in [-0.05, 0) is 32.9 Å². The normalized spacial score (nSPS) is 16.1. The van der Waals surface area contributed by atoms with Gasteiger partial charge in [0.2, 0.25) is 0 Å². The Bertz CT molecular complexity index is 372. The zero-order valence-electron chi connectivity index (χ0n) is 9.29. The number of hydrogen-bond acceptors (Lipinski definition) is 2. The number of halogens is 2. The quantitative estimate of drug-likeness (QED) is 0.815. The smallest absolute Gasteiger partial charge is 0.182 e. The van der Waals surface area contributed by atoms with Crippen molar-refractivity contribution in [1.82, 2.24) is 10.3 Å². The Morgan fingerprint density at radius 3 is 2.38 bits per heavy atom. The minimum atomic E-state index is 0. The highest BCUT2D eigenvalue weighted by Gasteiger charge is 2.15.